The third-order valence-corrected chi connectivity index (χ3v) is 6.36. The van der Waals surface area contributed by atoms with Crippen molar-refractivity contribution >= 4 is 0 Å². The summed E-state index contributed by atoms with van der Waals surface area (Å²) in [7, 11) is 0. The van der Waals surface area contributed by atoms with Crippen LogP contribution in [0.1, 0.15) is 89.0 Å². The molecule has 0 heterocycles. The molecule has 30 heavy (non-hydrogen) atoms. The first-order chi connectivity index (χ1) is 14.1. The molecule has 1 aromatic rings. The van der Waals surface area contributed by atoms with E-state index >= 15 is 0 Å². The van der Waals surface area contributed by atoms with Crippen LogP contribution in [0, 0.1) is 40.9 Å². The van der Waals surface area contributed by atoms with Gasteiger partial charge in [0, 0.05) is 11.5 Å². The Morgan fingerprint density at radius 2 is 1.20 bits per heavy atom. The molecule has 1 atom stereocenters. The van der Waals surface area contributed by atoms with Gasteiger partial charge in [-0.05, 0) is 43.9 Å². The van der Waals surface area contributed by atoms with E-state index in [0.29, 0.717) is 12.8 Å². The van der Waals surface area contributed by atoms with Gasteiger partial charge in [0.2, 0.25) is 5.82 Å². The molecule has 1 fully saturated rings. The molecular weight excluding hydrogens is 407 g/mol. The van der Waals surface area contributed by atoms with Crippen molar-refractivity contribution in [3.05, 3.63) is 34.6 Å². The predicted octanol–water partition coefficient (Wildman–Crippen LogP) is 5.65. The minimum atomic E-state index is -2.87. The second-order valence-corrected chi connectivity index (χ2v) is 8.45. The van der Waals surface area contributed by atoms with Crippen molar-refractivity contribution < 1.29 is 37.3 Å². The fourth-order valence-electron chi connectivity index (χ4n) is 4.68. The Morgan fingerprint density at radius 3 is 1.70 bits per heavy atom. The third kappa shape index (κ3) is 5.92. The quantitative estimate of drug-likeness (QED) is 0.145. The molecule has 0 radical (unpaired) electrons. The zero-order chi connectivity index (χ0) is 22.5. The molecule has 0 spiro atoms. The summed E-state index contributed by atoms with van der Waals surface area (Å²) in [6.07, 6.45) is 7.17. The lowest BCUT2D eigenvalue weighted by molar-refractivity contribution is -0.352. The standard InChI is InChI=1S/C22H31F5O3/c1-2-3-4-5-6-7-8-15(22(28,29)30)13-9-11-14(12-10-13)16-17(23)19(25)21(27)20(26)18(16)24/h13-15,28-30H,2-12H2,1H3. The van der Waals surface area contributed by atoms with Crippen molar-refractivity contribution in [2.45, 2.75) is 89.4 Å². The highest BCUT2D eigenvalue weighted by Crippen LogP contribution is 2.44. The second kappa shape index (κ2) is 10.9. The lowest BCUT2D eigenvalue weighted by atomic mass is 9.71. The second-order valence-electron chi connectivity index (χ2n) is 8.45. The number of unbranched alkanes of at least 4 members (excludes halogenated alkanes) is 5. The summed E-state index contributed by atoms with van der Waals surface area (Å²) in [6.45, 7) is 2.11. The van der Waals surface area contributed by atoms with Crippen molar-refractivity contribution in [2.75, 3.05) is 0 Å². The third-order valence-electron chi connectivity index (χ3n) is 6.36. The van der Waals surface area contributed by atoms with Crippen LogP contribution in [0.5, 0.6) is 0 Å². The molecule has 0 bridgehead atoms. The molecule has 1 aliphatic carbocycles. The van der Waals surface area contributed by atoms with Gasteiger partial charge in [0.15, 0.2) is 23.3 Å². The normalized spacial score (nSPS) is 21.1. The summed E-state index contributed by atoms with van der Waals surface area (Å²) < 4.78 is 68.5. The summed E-state index contributed by atoms with van der Waals surface area (Å²) >= 11 is 0. The molecule has 0 saturated heterocycles. The van der Waals surface area contributed by atoms with Gasteiger partial charge in [0.05, 0.1) is 0 Å². The lowest BCUT2D eigenvalue weighted by Gasteiger charge is -2.38. The van der Waals surface area contributed by atoms with Crippen LogP contribution in [0.2, 0.25) is 0 Å². The fraction of sp³-hybridized carbons (Fsp3) is 0.727. The zero-order valence-electron chi connectivity index (χ0n) is 17.2. The monoisotopic (exact) mass is 438 g/mol. The molecule has 1 aliphatic rings. The highest BCUT2D eigenvalue weighted by atomic mass is 19.2. The first kappa shape index (κ1) is 25.0. The fourth-order valence-corrected chi connectivity index (χ4v) is 4.68. The molecule has 172 valence electrons. The van der Waals surface area contributed by atoms with Gasteiger partial charge >= 0.3 is 0 Å². The molecule has 0 aliphatic heterocycles. The van der Waals surface area contributed by atoms with Gasteiger partial charge < -0.3 is 15.3 Å². The summed E-state index contributed by atoms with van der Waals surface area (Å²) in [5, 5.41) is 29.4. The lowest BCUT2D eigenvalue weighted by Crippen LogP contribution is -2.42. The van der Waals surface area contributed by atoms with Crippen molar-refractivity contribution in [1.82, 2.24) is 0 Å². The molecule has 1 unspecified atom stereocenters. The van der Waals surface area contributed by atoms with Crippen LogP contribution in [0.3, 0.4) is 0 Å². The Balaban J connectivity index is 2.02. The van der Waals surface area contributed by atoms with Crippen LogP contribution >= 0.6 is 0 Å². The van der Waals surface area contributed by atoms with Gasteiger partial charge in [-0.15, -0.1) is 0 Å². The maximum atomic E-state index is 14.1. The molecule has 1 saturated carbocycles. The van der Waals surface area contributed by atoms with Crippen molar-refractivity contribution in [1.29, 1.82) is 0 Å². The summed E-state index contributed by atoms with van der Waals surface area (Å²) in [4.78, 5) is 0. The van der Waals surface area contributed by atoms with E-state index in [0.717, 1.165) is 32.1 Å². The summed E-state index contributed by atoms with van der Waals surface area (Å²) in [6, 6.07) is 0. The van der Waals surface area contributed by atoms with Gasteiger partial charge in [-0.2, -0.15) is 0 Å². The van der Waals surface area contributed by atoms with Crippen LogP contribution in [-0.2, 0) is 0 Å². The van der Waals surface area contributed by atoms with E-state index in [-0.39, 0.29) is 31.6 Å². The minimum absolute atomic E-state index is 0.131. The van der Waals surface area contributed by atoms with Gasteiger partial charge in [0.25, 0.3) is 5.97 Å². The van der Waals surface area contributed by atoms with Gasteiger partial charge in [0.1, 0.15) is 0 Å². The number of hydrogen-bond acceptors (Lipinski definition) is 3. The number of rotatable bonds is 10. The van der Waals surface area contributed by atoms with E-state index in [1.807, 2.05) is 0 Å². The Morgan fingerprint density at radius 1 is 0.733 bits per heavy atom. The molecule has 1 aromatic carbocycles. The highest BCUT2D eigenvalue weighted by molar-refractivity contribution is 5.28. The van der Waals surface area contributed by atoms with E-state index in [9.17, 15) is 37.3 Å². The average Bonchev–Trinajstić information content (AvgIpc) is 2.70. The summed E-state index contributed by atoms with van der Waals surface area (Å²) in [5.41, 5.74) is -0.805. The predicted molar refractivity (Wildman–Crippen MR) is 102 cm³/mol. The molecule has 8 heteroatoms. The van der Waals surface area contributed by atoms with Crippen molar-refractivity contribution in [3.8, 4) is 0 Å². The van der Waals surface area contributed by atoms with Crippen LogP contribution in [-0.4, -0.2) is 21.3 Å². The van der Waals surface area contributed by atoms with Crippen LogP contribution in [0.15, 0.2) is 0 Å². The number of hydrogen-bond donors (Lipinski definition) is 3. The zero-order valence-corrected chi connectivity index (χ0v) is 17.2. The van der Waals surface area contributed by atoms with Gasteiger partial charge in [-0.25, -0.2) is 22.0 Å². The smallest absolute Gasteiger partial charge is 0.278 e. The van der Waals surface area contributed by atoms with Gasteiger partial charge in [-0.3, -0.25) is 0 Å². The maximum Gasteiger partial charge on any atom is 0.278 e. The van der Waals surface area contributed by atoms with E-state index in [1.54, 1.807) is 0 Å². The van der Waals surface area contributed by atoms with Gasteiger partial charge in [-0.1, -0.05) is 45.4 Å². The van der Waals surface area contributed by atoms with Crippen LogP contribution < -0.4 is 0 Å². The molecule has 3 nitrogen and oxygen atoms in total. The van der Waals surface area contributed by atoms with E-state index in [1.165, 1.54) is 0 Å². The molecule has 0 aromatic heterocycles. The Bertz CT molecular complexity index is 668. The SMILES string of the molecule is CCCCCCCCC(C1CCC(c2c(F)c(F)c(F)c(F)c2F)CC1)C(O)(O)O. The van der Waals surface area contributed by atoms with E-state index < -0.39 is 52.5 Å². The van der Waals surface area contributed by atoms with Crippen LogP contribution in [0.25, 0.3) is 0 Å². The van der Waals surface area contributed by atoms with E-state index in [2.05, 4.69) is 6.92 Å². The highest BCUT2D eigenvalue weighted by Gasteiger charge is 2.41. The summed E-state index contributed by atoms with van der Waals surface area (Å²) in [5.74, 6) is -14.6. The first-order valence-electron chi connectivity index (χ1n) is 10.8. The Hall–Kier alpha value is -1.25. The molecule has 0 amide bonds. The molecule has 3 N–H and O–H groups in total. The molecule has 2 rings (SSSR count). The largest absolute Gasteiger partial charge is 0.343 e. The van der Waals surface area contributed by atoms with Crippen LogP contribution in [0.4, 0.5) is 22.0 Å². The average molecular weight is 438 g/mol. The van der Waals surface area contributed by atoms with Crippen molar-refractivity contribution in [3.63, 3.8) is 0 Å². The van der Waals surface area contributed by atoms with E-state index in [4.69, 9.17) is 0 Å². The maximum absolute atomic E-state index is 14.1. The number of benzene rings is 1. The van der Waals surface area contributed by atoms with Crippen molar-refractivity contribution in [2.24, 2.45) is 11.8 Å². The number of aliphatic hydroxyl groups is 3. The first-order valence-corrected chi connectivity index (χ1v) is 10.8. The molecular formula is C22H31F5O3. The Kier molecular flexibility index (Phi) is 9.06. The minimum Gasteiger partial charge on any atom is -0.343 e. The topological polar surface area (TPSA) is 60.7 Å². The number of halogens is 5. The Labute approximate surface area is 173 Å².